The van der Waals surface area contributed by atoms with Crippen LogP contribution in [0.25, 0.3) is 16.7 Å². The lowest BCUT2D eigenvalue weighted by Gasteiger charge is -2.12. The van der Waals surface area contributed by atoms with Gasteiger partial charge in [-0.1, -0.05) is 12.1 Å². The van der Waals surface area contributed by atoms with Gasteiger partial charge in [-0.3, -0.25) is 18.6 Å². The Bertz CT molecular complexity index is 1260. The molecule has 0 bridgehead atoms. The normalized spacial score (nSPS) is 11.2. The molecule has 0 atom stereocenters. The quantitative estimate of drug-likeness (QED) is 0.601. The number of benzene rings is 2. The summed E-state index contributed by atoms with van der Waals surface area (Å²) in [6.45, 7) is 1.33. The highest BCUT2D eigenvalue weighted by Crippen LogP contribution is 2.17. The highest BCUT2D eigenvalue weighted by atomic mass is 19.1. The smallest absolute Gasteiger partial charge is 0.297 e. The molecule has 1 N–H and O–H groups in total. The second-order valence-corrected chi connectivity index (χ2v) is 5.96. The summed E-state index contributed by atoms with van der Waals surface area (Å²) in [5, 5.41) is 10.1. The van der Waals surface area contributed by atoms with Gasteiger partial charge in [0.05, 0.1) is 16.7 Å². The standard InChI is InChI=1S/C18H13F2N5O2/c1-10-22-23-17-18(27)24(14-4-2-3-5-15(14)25(10)17)9-16(26)21-13-8-11(19)6-7-12(13)20/h2-8H,9H2,1H3,(H,21,26). The van der Waals surface area contributed by atoms with Crippen molar-refractivity contribution in [1.82, 2.24) is 19.2 Å². The monoisotopic (exact) mass is 369 g/mol. The van der Waals surface area contributed by atoms with E-state index in [1.54, 1.807) is 35.6 Å². The lowest BCUT2D eigenvalue weighted by Crippen LogP contribution is -2.29. The number of fused-ring (bicyclic) bond motifs is 3. The van der Waals surface area contributed by atoms with Gasteiger partial charge in [-0.05, 0) is 31.2 Å². The molecule has 1 amide bonds. The van der Waals surface area contributed by atoms with Crippen molar-refractivity contribution in [3.8, 4) is 0 Å². The molecule has 27 heavy (non-hydrogen) atoms. The van der Waals surface area contributed by atoms with Crippen molar-refractivity contribution in [3.05, 3.63) is 70.3 Å². The second-order valence-electron chi connectivity index (χ2n) is 5.96. The van der Waals surface area contributed by atoms with Crippen LogP contribution in [0.15, 0.2) is 47.3 Å². The number of nitrogens with one attached hydrogen (secondary N) is 1. The maximum absolute atomic E-state index is 13.7. The zero-order valence-corrected chi connectivity index (χ0v) is 14.1. The largest absolute Gasteiger partial charge is 0.322 e. The van der Waals surface area contributed by atoms with Crippen LogP contribution in [-0.4, -0.2) is 25.1 Å². The van der Waals surface area contributed by atoms with Crippen molar-refractivity contribution in [3.63, 3.8) is 0 Å². The first-order valence-electron chi connectivity index (χ1n) is 8.04. The molecule has 136 valence electrons. The summed E-state index contributed by atoms with van der Waals surface area (Å²) >= 11 is 0. The Labute approximate surface area is 150 Å². The van der Waals surface area contributed by atoms with Crippen LogP contribution in [0.5, 0.6) is 0 Å². The number of hydrogen-bond donors (Lipinski definition) is 1. The van der Waals surface area contributed by atoms with Gasteiger partial charge in [0.1, 0.15) is 24.0 Å². The maximum Gasteiger partial charge on any atom is 0.297 e. The number of hydrogen-bond acceptors (Lipinski definition) is 4. The lowest BCUT2D eigenvalue weighted by atomic mass is 10.2. The molecule has 2 aromatic heterocycles. The third-order valence-electron chi connectivity index (χ3n) is 4.18. The average molecular weight is 369 g/mol. The fourth-order valence-electron chi connectivity index (χ4n) is 2.98. The van der Waals surface area contributed by atoms with Gasteiger partial charge in [0, 0.05) is 6.07 Å². The Morgan fingerprint density at radius 2 is 1.85 bits per heavy atom. The van der Waals surface area contributed by atoms with Crippen LogP contribution in [0, 0.1) is 18.6 Å². The molecular formula is C18H13F2N5O2. The number of halogens is 2. The third kappa shape index (κ3) is 2.82. The Hall–Kier alpha value is -3.62. The molecule has 4 rings (SSSR count). The molecule has 0 aliphatic rings. The maximum atomic E-state index is 13.7. The summed E-state index contributed by atoms with van der Waals surface area (Å²) in [7, 11) is 0. The van der Waals surface area contributed by atoms with Crippen molar-refractivity contribution in [2.24, 2.45) is 0 Å². The molecule has 9 heteroatoms. The number of carbonyl (C=O) groups excluding carboxylic acids is 1. The molecule has 0 spiro atoms. The summed E-state index contributed by atoms with van der Waals surface area (Å²) in [6, 6.07) is 9.72. The first-order chi connectivity index (χ1) is 13.0. The van der Waals surface area contributed by atoms with Gasteiger partial charge in [0.15, 0.2) is 0 Å². The number of nitrogens with zero attached hydrogens (tertiary/aromatic N) is 4. The van der Waals surface area contributed by atoms with Crippen molar-refractivity contribution >= 4 is 28.3 Å². The van der Waals surface area contributed by atoms with E-state index >= 15 is 0 Å². The topological polar surface area (TPSA) is 81.3 Å². The van der Waals surface area contributed by atoms with Gasteiger partial charge in [-0.15, -0.1) is 10.2 Å². The molecule has 0 saturated carbocycles. The summed E-state index contributed by atoms with van der Waals surface area (Å²) in [5.74, 6) is -1.59. The van der Waals surface area contributed by atoms with Crippen molar-refractivity contribution in [2.75, 3.05) is 5.32 Å². The zero-order chi connectivity index (χ0) is 19.1. The van der Waals surface area contributed by atoms with Crippen LogP contribution >= 0.6 is 0 Å². The number of para-hydroxylation sites is 2. The van der Waals surface area contributed by atoms with E-state index in [9.17, 15) is 18.4 Å². The van der Waals surface area contributed by atoms with Gasteiger partial charge < -0.3 is 5.32 Å². The fraction of sp³-hybridized carbons (Fsp3) is 0.111. The van der Waals surface area contributed by atoms with Gasteiger partial charge in [0.2, 0.25) is 11.6 Å². The van der Waals surface area contributed by atoms with Crippen LogP contribution in [0.3, 0.4) is 0 Å². The Balaban J connectivity index is 1.79. The first kappa shape index (κ1) is 16.8. The summed E-state index contributed by atoms with van der Waals surface area (Å²) in [6.07, 6.45) is 0. The lowest BCUT2D eigenvalue weighted by molar-refractivity contribution is -0.116. The van der Waals surface area contributed by atoms with Crippen LogP contribution in [-0.2, 0) is 11.3 Å². The number of carbonyl (C=O) groups is 1. The molecule has 0 fully saturated rings. The summed E-state index contributed by atoms with van der Waals surface area (Å²) < 4.78 is 29.9. The molecule has 0 aliphatic heterocycles. The number of rotatable bonds is 3. The Morgan fingerprint density at radius 3 is 2.63 bits per heavy atom. The molecule has 0 radical (unpaired) electrons. The molecule has 2 heterocycles. The molecule has 7 nitrogen and oxygen atoms in total. The minimum atomic E-state index is -0.773. The predicted octanol–water partition coefficient (Wildman–Crippen LogP) is 2.27. The van der Waals surface area contributed by atoms with Gasteiger partial charge >= 0.3 is 0 Å². The molecule has 2 aromatic carbocycles. The van der Waals surface area contributed by atoms with E-state index < -0.39 is 29.6 Å². The summed E-state index contributed by atoms with van der Waals surface area (Å²) in [5.41, 5.74) is 0.420. The highest BCUT2D eigenvalue weighted by Gasteiger charge is 2.17. The van der Waals surface area contributed by atoms with Gasteiger partial charge in [0.25, 0.3) is 5.56 Å². The summed E-state index contributed by atoms with van der Waals surface area (Å²) in [4.78, 5) is 25.2. The molecule has 0 unspecified atom stereocenters. The number of anilines is 1. The molecular weight excluding hydrogens is 356 g/mol. The second kappa shape index (κ2) is 6.27. The number of amides is 1. The average Bonchev–Trinajstić information content (AvgIpc) is 3.04. The van der Waals surface area contributed by atoms with E-state index in [2.05, 4.69) is 15.5 Å². The van der Waals surface area contributed by atoms with E-state index in [1.165, 1.54) is 4.57 Å². The van der Waals surface area contributed by atoms with Gasteiger partial charge in [-0.2, -0.15) is 0 Å². The minimum Gasteiger partial charge on any atom is -0.322 e. The molecule has 4 aromatic rings. The van der Waals surface area contributed by atoms with E-state index in [-0.39, 0.29) is 11.3 Å². The molecule has 0 saturated heterocycles. The zero-order valence-electron chi connectivity index (χ0n) is 14.1. The number of aromatic nitrogens is 4. The van der Waals surface area contributed by atoms with Crippen LogP contribution < -0.4 is 10.9 Å². The van der Waals surface area contributed by atoms with Gasteiger partial charge in [-0.25, -0.2) is 8.78 Å². The Morgan fingerprint density at radius 1 is 1.11 bits per heavy atom. The fourth-order valence-corrected chi connectivity index (χ4v) is 2.98. The van der Waals surface area contributed by atoms with Crippen LogP contribution in [0.1, 0.15) is 5.82 Å². The predicted molar refractivity (Wildman–Crippen MR) is 94.5 cm³/mol. The van der Waals surface area contributed by atoms with E-state index in [0.29, 0.717) is 16.9 Å². The minimum absolute atomic E-state index is 0.0796. The highest BCUT2D eigenvalue weighted by molar-refractivity contribution is 5.92. The van der Waals surface area contributed by atoms with Crippen molar-refractivity contribution in [1.29, 1.82) is 0 Å². The van der Waals surface area contributed by atoms with E-state index in [1.807, 2.05) is 0 Å². The first-order valence-corrected chi connectivity index (χ1v) is 8.04. The van der Waals surface area contributed by atoms with Crippen molar-refractivity contribution in [2.45, 2.75) is 13.5 Å². The van der Waals surface area contributed by atoms with E-state index in [0.717, 1.165) is 18.2 Å². The third-order valence-corrected chi connectivity index (χ3v) is 4.18. The van der Waals surface area contributed by atoms with E-state index in [4.69, 9.17) is 0 Å². The Kier molecular flexibility index (Phi) is 3.91. The SMILES string of the molecule is Cc1nnc2c(=O)n(CC(=O)Nc3cc(F)ccc3F)c3ccccc3n12. The molecule has 0 aliphatic carbocycles. The van der Waals surface area contributed by atoms with Crippen LogP contribution in [0.2, 0.25) is 0 Å². The van der Waals surface area contributed by atoms with Crippen LogP contribution in [0.4, 0.5) is 14.5 Å². The van der Waals surface area contributed by atoms with Crippen molar-refractivity contribution < 1.29 is 13.6 Å². The number of aryl methyl sites for hydroxylation is 1.